The van der Waals surface area contributed by atoms with Gasteiger partial charge in [0.05, 0.1) is 18.1 Å². The van der Waals surface area contributed by atoms with E-state index < -0.39 is 10.0 Å². The molecular formula is C14H20N2O3S. The summed E-state index contributed by atoms with van der Waals surface area (Å²) in [6.07, 6.45) is 2.39. The second kappa shape index (κ2) is 5.81. The maximum atomic E-state index is 12.7. The summed E-state index contributed by atoms with van der Waals surface area (Å²) >= 11 is 0. The minimum absolute atomic E-state index is 0.426. The summed E-state index contributed by atoms with van der Waals surface area (Å²) in [5.41, 5.74) is 0.853. The maximum Gasteiger partial charge on any atom is 0.243 e. The van der Waals surface area contributed by atoms with Crippen molar-refractivity contribution in [1.82, 2.24) is 9.62 Å². The van der Waals surface area contributed by atoms with E-state index in [1.54, 1.807) is 12.1 Å². The summed E-state index contributed by atoms with van der Waals surface area (Å²) < 4.78 is 32.2. The highest BCUT2D eigenvalue weighted by molar-refractivity contribution is 7.89. The molecular weight excluding hydrogens is 276 g/mol. The van der Waals surface area contributed by atoms with Crippen LogP contribution in [0.4, 0.5) is 0 Å². The van der Waals surface area contributed by atoms with Gasteiger partial charge in [-0.05, 0) is 24.5 Å². The Labute approximate surface area is 120 Å². The molecule has 0 amide bonds. The molecule has 1 saturated heterocycles. The van der Waals surface area contributed by atoms with E-state index in [9.17, 15) is 8.42 Å². The molecule has 0 unspecified atom stereocenters. The van der Waals surface area contributed by atoms with Crippen LogP contribution in [0.1, 0.15) is 18.4 Å². The molecule has 1 aliphatic heterocycles. The van der Waals surface area contributed by atoms with Crippen LogP contribution in [0, 0.1) is 0 Å². The lowest BCUT2D eigenvalue weighted by Crippen LogP contribution is -2.41. The van der Waals surface area contributed by atoms with Crippen LogP contribution in [0.15, 0.2) is 29.2 Å². The molecule has 0 atom stereocenters. The average molecular weight is 296 g/mol. The molecule has 5 nitrogen and oxygen atoms in total. The summed E-state index contributed by atoms with van der Waals surface area (Å²) in [6, 6.07) is 7.84. The van der Waals surface area contributed by atoms with E-state index in [2.05, 4.69) is 5.32 Å². The number of hydrogen-bond acceptors (Lipinski definition) is 4. The van der Waals surface area contributed by atoms with Crippen LogP contribution in [0.25, 0.3) is 0 Å². The van der Waals surface area contributed by atoms with Gasteiger partial charge >= 0.3 is 0 Å². The van der Waals surface area contributed by atoms with Gasteiger partial charge in [-0.15, -0.1) is 0 Å². The molecule has 110 valence electrons. The van der Waals surface area contributed by atoms with Crippen LogP contribution >= 0.6 is 0 Å². The van der Waals surface area contributed by atoms with Crippen molar-refractivity contribution in [1.29, 1.82) is 0 Å². The first-order valence-corrected chi connectivity index (χ1v) is 8.51. The second-order valence-corrected chi connectivity index (χ2v) is 7.19. The van der Waals surface area contributed by atoms with Crippen LogP contribution in [0.3, 0.4) is 0 Å². The summed E-state index contributed by atoms with van der Waals surface area (Å²) in [4.78, 5) is 0.426. The smallest absolute Gasteiger partial charge is 0.243 e. The van der Waals surface area contributed by atoms with E-state index in [1.807, 2.05) is 12.1 Å². The van der Waals surface area contributed by atoms with E-state index in [0.29, 0.717) is 43.8 Å². The molecule has 2 fully saturated rings. The number of sulfonamides is 1. The van der Waals surface area contributed by atoms with Crippen molar-refractivity contribution in [3.63, 3.8) is 0 Å². The third-order valence-corrected chi connectivity index (χ3v) is 5.72. The molecule has 6 heteroatoms. The number of nitrogens with one attached hydrogen (secondary N) is 1. The first-order valence-electron chi connectivity index (χ1n) is 7.07. The SMILES string of the molecule is O=S(=O)(c1ccccc1CNC1CC1)N1CCOCC1. The largest absolute Gasteiger partial charge is 0.379 e. The average Bonchev–Trinajstić information content (AvgIpc) is 3.30. The first-order chi connectivity index (χ1) is 9.68. The first kappa shape index (κ1) is 14.0. The van der Waals surface area contributed by atoms with E-state index in [0.717, 1.165) is 5.56 Å². The number of rotatable bonds is 5. The summed E-state index contributed by atoms with van der Waals surface area (Å²) in [5, 5.41) is 3.38. The monoisotopic (exact) mass is 296 g/mol. The quantitative estimate of drug-likeness (QED) is 0.879. The zero-order valence-electron chi connectivity index (χ0n) is 11.4. The lowest BCUT2D eigenvalue weighted by atomic mass is 10.2. The molecule has 0 radical (unpaired) electrons. The number of morpholine rings is 1. The Hall–Kier alpha value is -0.950. The van der Waals surface area contributed by atoms with E-state index >= 15 is 0 Å². The van der Waals surface area contributed by atoms with Gasteiger partial charge in [-0.1, -0.05) is 18.2 Å². The van der Waals surface area contributed by atoms with E-state index in [4.69, 9.17) is 4.74 Å². The number of nitrogens with zero attached hydrogens (tertiary/aromatic N) is 1. The fourth-order valence-electron chi connectivity index (χ4n) is 2.37. The third kappa shape index (κ3) is 3.03. The number of ether oxygens (including phenoxy) is 1. The Kier molecular flexibility index (Phi) is 4.07. The molecule has 1 saturated carbocycles. The lowest BCUT2D eigenvalue weighted by molar-refractivity contribution is 0.0730. The summed E-state index contributed by atoms with van der Waals surface area (Å²) in [6.45, 7) is 2.44. The van der Waals surface area contributed by atoms with Gasteiger partial charge in [0.25, 0.3) is 0 Å². The highest BCUT2D eigenvalue weighted by Gasteiger charge is 2.28. The molecule has 1 N–H and O–H groups in total. The minimum Gasteiger partial charge on any atom is -0.379 e. The van der Waals surface area contributed by atoms with Gasteiger partial charge in [0.2, 0.25) is 10.0 Å². The molecule has 1 aromatic carbocycles. The van der Waals surface area contributed by atoms with Crippen molar-refractivity contribution < 1.29 is 13.2 Å². The third-order valence-electron chi connectivity index (χ3n) is 3.72. The summed E-state index contributed by atoms with van der Waals surface area (Å²) in [5.74, 6) is 0. The second-order valence-electron chi connectivity index (χ2n) is 5.28. The molecule has 1 heterocycles. The highest BCUT2D eigenvalue weighted by atomic mass is 32.2. The maximum absolute atomic E-state index is 12.7. The van der Waals surface area contributed by atoms with Crippen molar-refractivity contribution in [3.05, 3.63) is 29.8 Å². The Balaban J connectivity index is 1.83. The topological polar surface area (TPSA) is 58.6 Å². The van der Waals surface area contributed by atoms with Gasteiger partial charge in [-0.2, -0.15) is 4.31 Å². The lowest BCUT2D eigenvalue weighted by Gasteiger charge is -2.27. The molecule has 2 aliphatic rings. The Bertz CT molecular complexity index is 564. The van der Waals surface area contributed by atoms with Gasteiger partial charge in [0.15, 0.2) is 0 Å². The predicted octanol–water partition coefficient (Wildman–Crippen LogP) is 0.960. The van der Waals surface area contributed by atoms with Crippen LogP contribution < -0.4 is 5.32 Å². The van der Waals surface area contributed by atoms with E-state index in [1.165, 1.54) is 17.1 Å². The van der Waals surface area contributed by atoms with Crippen molar-refractivity contribution in [2.75, 3.05) is 26.3 Å². The van der Waals surface area contributed by atoms with Crippen LogP contribution in [0.2, 0.25) is 0 Å². The Morgan fingerprint density at radius 2 is 1.90 bits per heavy atom. The fraction of sp³-hybridized carbons (Fsp3) is 0.571. The van der Waals surface area contributed by atoms with Crippen LogP contribution in [0.5, 0.6) is 0 Å². The summed E-state index contributed by atoms with van der Waals surface area (Å²) in [7, 11) is -3.41. The van der Waals surface area contributed by atoms with Gasteiger partial charge in [0, 0.05) is 25.7 Å². The highest BCUT2D eigenvalue weighted by Crippen LogP contribution is 2.23. The number of hydrogen-bond donors (Lipinski definition) is 1. The number of benzene rings is 1. The van der Waals surface area contributed by atoms with Crippen LogP contribution in [-0.2, 0) is 21.3 Å². The minimum atomic E-state index is -3.41. The van der Waals surface area contributed by atoms with Crippen molar-refractivity contribution >= 4 is 10.0 Å². The Morgan fingerprint density at radius 1 is 1.20 bits per heavy atom. The zero-order valence-corrected chi connectivity index (χ0v) is 12.2. The molecule has 1 aliphatic carbocycles. The van der Waals surface area contributed by atoms with Gasteiger partial charge in [0.1, 0.15) is 0 Å². The molecule has 3 rings (SSSR count). The van der Waals surface area contributed by atoms with Crippen LogP contribution in [-0.4, -0.2) is 45.1 Å². The van der Waals surface area contributed by atoms with Crippen molar-refractivity contribution in [2.24, 2.45) is 0 Å². The normalized spacial score (nSPS) is 21.0. The van der Waals surface area contributed by atoms with Gasteiger partial charge in [-0.3, -0.25) is 0 Å². The van der Waals surface area contributed by atoms with Crippen molar-refractivity contribution in [3.8, 4) is 0 Å². The molecule has 1 aromatic rings. The van der Waals surface area contributed by atoms with Crippen molar-refractivity contribution in [2.45, 2.75) is 30.3 Å². The standard InChI is InChI=1S/C14H20N2O3S/c17-20(18,16-7-9-19-10-8-16)14-4-2-1-3-12(14)11-15-13-5-6-13/h1-4,13,15H,5-11H2. The van der Waals surface area contributed by atoms with E-state index in [-0.39, 0.29) is 0 Å². The molecule has 20 heavy (non-hydrogen) atoms. The molecule has 0 aromatic heterocycles. The predicted molar refractivity (Wildman–Crippen MR) is 75.9 cm³/mol. The van der Waals surface area contributed by atoms with Gasteiger partial charge < -0.3 is 10.1 Å². The Morgan fingerprint density at radius 3 is 2.60 bits per heavy atom. The molecule has 0 bridgehead atoms. The van der Waals surface area contributed by atoms with Gasteiger partial charge in [-0.25, -0.2) is 8.42 Å². The zero-order chi connectivity index (χ0) is 14.0. The fourth-order valence-corrected chi connectivity index (χ4v) is 4.00. The molecule has 0 spiro atoms.